The second-order valence-electron chi connectivity index (χ2n) is 9.12. The summed E-state index contributed by atoms with van der Waals surface area (Å²) in [6, 6.07) is 7.62. The molecule has 8 heteroatoms. The van der Waals surface area contributed by atoms with Crippen LogP contribution in [-0.2, 0) is 14.3 Å². The van der Waals surface area contributed by atoms with E-state index in [0.717, 1.165) is 30.3 Å². The number of halogens is 1. The number of esters is 1. The zero-order valence-electron chi connectivity index (χ0n) is 17.7. The molecule has 2 bridgehead atoms. The van der Waals surface area contributed by atoms with Crippen LogP contribution in [0.3, 0.4) is 0 Å². The lowest BCUT2D eigenvalue weighted by molar-refractivity contribution is -0.141. The van der Waals surface area contributed by atoms with Crippen LogP contribution in [0.5, 0.6) is 0 Å². The highest BCUT2D eigenvalue weighted by atomic mass is 35.5. The quantitative estimate of drug-likeness (QED) is 0.546. The molecule has 2 aliphatic carbocycles. The highest BCUT2D eigenvalue weighted by molar-refractivity contribution is 6.06. The Bertz CT molecular complexity index is 1020. The molecule has 3 unspecified atom stereocenters. The van der Waals surface area contributed by atoms with E-state index >= 15 is 0 Å². The monoisotopic (exact) mass is 445 g/mol. The van der Waals surface area contributed by atoms with Crippen molar-refractivity contribution in [3.63, 3.8) is 0 Å². The summed E-state index contributed by atoms with van der Waals surface area (Å²) >= 11 is 0. The maximum atomic E-state index is 13.0. The molecule has 3 fully saturated rings. The van der Waals surface area contributed by atoms with Crippen LogP contribution in [0.15, 0.2) is 30.5 Å². The molecular weight excluding hydrogens is 418 g/mol. The third-order valence-corrected chi connectivity index (χ3v) is 7.10. The zero-order chi connectivity index (χ0) is 21.0. The van der Waals surface area contributed by atoms with Gasteiger partial charge in [-0.3, -0.25) is 14.5 Å². The van der Waals surface area contributed by atoms with Crippen LogP contribution in [0, 0.1) is 23.7 Å². The van der Waals surface area contributed by atoms with Crippen LogP contribution in [0.4, 0.5) is 0 Å². The Hall–Kier alpha value is -2.38. The predicted molar refractivity (Wildman–Crippen MR) is 118 cm³/mol. The molecule has 5 rings (SSSR count). The molecule has 2 amide bonds. The van der Waals surface area contributed by atoms with Crippen LogP contribution in [0.25, 0.3) is 10.9 Å². The van der Waals surface area contributed by atoms with E-state index in [1.54, 1.807) is 6.20 Å². The Morgan fingerprint density at radius 1 is 1.16 bits per heavy atom. The number of carbonyl (C=O) groups is 3. The van der Waals surface area contributed by atoms with Gasteiger partial charge in [0.25, 0.3) is 0 Å². The molecule has 2 aromatic rings. The molecule has 3 aliphatic rings. The Kier molecular flexibility index (Phi) is 5.83. The fourth-order valence-corrected chi connectivity index (χ4v) is 5.80. The number of aromatic amines is 1. The molecule has 166 valence electrons. The van der Waals surface area contributed by atoms with Crippen LogP contribution < -0.4 is 0 Å². The number of likely N-dealkylation sites (tertiary alicyclic amines) is 1. The highest BCUT2D eigenvalue weighted by Gasteiger charge is 2.64. The van der Waals surface area contributed by atoms with E-state index in [0.29, 0.717) is 18.5 Å². The number of imide groups is 1. The van der Waals surface area contributed by atoms with E-state index in [4.69, 9.17) is 4.74 Å². The minimum atomic E-state index is -0.360. The molecule has 2 heterocycles. The summed E-state index contributed by atoms with van der Waals surface area (Å²) in [5.41, 5.74) is 1.41. The van der Waals surface area contributed by atoms with E-state index in [-0.39, 0.29) is 60.0 Å². The van der Waals surface area contributed by atoms with Crippen LogP contribution in [-0.4, -0.2) is 65.9 Å². The largest absolute Gasteiger partial charge is 0.458 e. The molecular formula is C23H28ClN3O4. The summed E-state index contributed by atoms with van der Waals surface area (Å²) in [5.74, 6) is -0.898. The third kappa shape index (κ3) is 3.53. The fraction of sp³-hybridized carbons (Fsp3) is 0.522. The van der Waals surface area contributed by atoms with Crippen molar-refractivity contribution in [1.82, 2.24) is 14.8 Å². The van der Waals surface area contributed by atoms with Gasteiger partial charge < -0.3 is 14.6 Å². The Morgan fingerprint density at radius 2 is 1.90 bits per heavy atom. The molecule has 1 N–H and O–H groups in total. The lowest BCUT2D eigenvalue weighted by Crippen LogP contribution is -2.37. The van der Waals surface area contributed by atoms with Crippen molar-refractivity contribution in [3.8, 4) is 0 Å². The van der Waals surface area contributed by atoms with Crippen LogP contribution in [0.2, 0.25) is 0 Å². The van der Waals surface area contributed by atoms with Crippen LogP contribution >= 0.6 is 12.4 Å². The molecule has 0 radical (unpaired) electrons. The van der Waals surface area contributed by atoms with Crippen LogP contribution in [0.1, 0.15) is 29.6 Å². The minimum absolute atomic E-state index is 0. The first-order chi connectivity index (χ1) is 14.5. The van der Waals surface area contributed by atoms with E-state index in [1.165, 1.54) is 4.90 Å². The summed E-state index contributed by atoms with van der Waals surface area (Å²) < 4.78 is 5.89. The number of ether oxygens (including phenoxy) is 1. The van der Waals surface area contributed by atoms with Gasteiger partial charge in [0.2, 0.25) is 11.8 Å². The van der Waals surface area contributed by atoms with E-state index in [9.17, 15) is 14.4 Å². The second-order valence-corrected chi connectivity index (χ2v) is 9.12. The van der Waals surface area contributed by atoms with Gasteiger partial charge in [-0.05, 0) is 51.9 Å². The number of aromatic nitrogens is 1. The zero-order valence-corrected chi connectivity index (χ0v) is 18.6. The molecule has 1 aliphatic heterocycles. The predicted octanol–water partition coefficient (Wildman–Crippen LogP) is 2.71. The first-order valence-electron chi connectivity index (χ1n) is 10.7. The summed E-state index contributed by atoms with van der Waals surface area (Å²) in [7, 11) is 3.96. The minimum Gasteiger partial charge on any atom is -0.458 e. The van der Waals surface area contributed by atoms with Gasteiger partial charge in [-0.1, -0.05) is 18.2 Å². The summed E-state index contributed by atoms with van der Waals surface area (Å²) in [4.78, 5) is 45.4. The van der Waals surface area contributed by atoms with Crippen molar-refractivity contribution in [2.24, 2.45) is 23.7 Å². The maximum Gasteiger partial charge on any atom is 0.340 e. The first-order valence-corrected chi connectivity index (χ1v) is 10.7. The lowest BCUT2D eigenvalue weighted by Gasteiger charge is -2.28. The van der Waals surface area contributed by atoms with Crippen molar-refractivity contribution < 1.29 is 19.1 Å². The van der Waals surface area contributed by atoms with Crippen molar-refractivity contribution in [3.05, 3.63) is 36.0 Å². The SMILES string of the molecule is CN(C)CCCN1C(=O)C2C(C1=O)[C@H]1C[C@@H]2CC1OC(=O)c1c[nH]c2ccccc12.Cl. The number of para-hydroxylation sites is 1. The van der Waals surface area contributed by atoms with Crippen molar-refractivity contribution in [2.75, 3.05) is 27.2 Å². The van der Waals surface area contributed by atoms with E-state index < -0.39 is 0 Å². The van der Waals surface area contributed by atoms with Gasteiger partial charge >= 0.3 is 5.97 Å². The van der Waals surface area contributed by atoms with Gasteiger partial charge in [0.05, 0.1) is 17.4 Å². The van der Waals surface area contributed by atoms with Crippen molar-refractivity contribution in [1.29, 1.82) is 0 Å². The highest BCUT2D eigenvalue weighted by Crippen LogP contribution is 2.57. The number of amides is 2. The van der Waals surface area contributed by atoms with Gasteiger partial charge in [0.1, 0.15) is 6.10 Å². The maximum absolute atomic E-state index is 13.0. The van der Waals surface area contributed by atoms with E-state index in [2.05, 4.69) is 9.88 Å². The second kappa shape index (κ2) is 8.28. The van der Waals surface area contributed by atoms with Gasteiger partial charge in [-0.2, -0.15) is 0 Å². The molecule has 1 aromatic heterocycles. The number of hydrogen-bond acceptors (Lipinski definition) is 5. The van der Waals surface area contributed by atoms with Gasteiger partial charge in [0, 0.05) is 29.6 Å². The molecule has 1 aromatic carbocycles. The standard InChI is InChI=1S/C23H27N3O4.ClH/c1-25(2)8-5-9-26-21(27)19-13-10-15(20(19)22(26)28)18(11-13)30-23(29)16-12-24-17-7-4-3-6-14(16)17;/h3-4,6-7,12-13,15,18-20,24H,5,8-11H2,1-2H3;1H/t13-,15+,18?,19?,20?;/m1./s1. The number of H-pyrrole nitrogens is 1. The molecule has 0 spiro atoms. The van der Waals surface area contributed by atoms with Crippen molar-refractivity contribution in [2.45, 2.75) is 25.4 Å². The number of nitrogens with zero attached hydrogens (tertiary/aromatic N) is 2. The molecule has 31 heavy (non-hydrogen) atoms. The topological polar surface area (TPSA) is 82.7 Å². The first kappa shape index (κ1) is 21.8. The number of rotatable bonds is 6. The number of nitrogens with one attached hydrogen (secondary N) is 1. The summed E-state index contributed by atoms with van der Waals surface area (Å²) in [5, 5.41) is 0.836. The molecule has 2 saturated carbocycles. The Labute approximate surface area is 187 Å². The van der Waals surface area contributed by atoms with Crippen molar-refractivity contribution >= 4 is 41.1 Å². The smallest absolute Gasteiger partial charge is 0.340 e. The fourth-order valence-electron chi connectivity index (χ4n) is 5.80. The third-order valence-electron chi connectivity index (χ3n) is 7.10. The molecule has 1 saturated heterocycles. The number of carbonyl (C=O) groups excluding carboxylic acids is 3. The Morgan fingerprint density at radius 3 is 2.68 bits per heavy atom. The van der Waals surface area contributed by atoms with E-state index in [1.807, 2.05) is 38.4 Å². The van der Waals surface area contributed by atoms with Gasteiger partial charge in [-0.15, -0.1) is 12.4 Å². The number of benzene rings is 1. The number of hydrogen-bond donors (Lipinski definition) is 1. The Balaban J connectivity index is 0.00000231. The summed E-state index contributed by atoms with van der Waals surface area (Å²) in [6.45, 7) is 1.31. The lowest BCUT2D eigenvalue weighted by atomic mass is 9.79. The molecule has 7 nitrogen and oxygen atoms in total. The average Bonchev–Trinajstić information content (AvgIpc) is 3.45. The average molecular weight is 446 g/mol. The van der Waals surface area contributed by atoms with Gasteiger partial charge in [-0.25, -0.2) is 4.79 Å². The molecule has 5 atom stereocenters. The number of fused-ring (bicyclic) bond motifs is 6. The van der Waals surface area contributed by atoms with Gasteiger partial charge in [0.15, 0.2) is 0 Å². The summed E-state index contributed by atoms with van der Waals surface area (Å²) in [6.07, 6.45) is 3.63. The normalized spacial score (nSPS) is 29.0.